The third-order valence-corrected chi connectivity index (χ3v) is 3.24. The van der Waals surface area contributed by atoms with Crippen LogP contribution >= 0.6 is 0 Å². The molecule has 0 aliphatic carbocycles. The van der Waals surface area contributed by atoms with Crippen LogP contribution in [-0.2, 0) is 9.47 Å². The van der Waals surface area contributed by atoms with E-state index in [9.17, 15) is 0 Å². The van der Waals surface area contributed by atoms with Gasteiger partial charge in [0, 0.05) is 19.8 Å². The topological polar surface area (TPSA) is 21.7 Å². The summed E-state index contributed by atoms with van der Waals surface area (Å²) in [7, 11) is 3.97. The highest BCUT2D eigenvalue weighted by molar-refractivity contribution is 4.84. The fourth-order valence-corrected chi connectivity index (χ4v) is 2.31. The Hall–Kier alpha value is -0.120. The number of likely N-dealkylation sites (tertiary alicyclic amines) is 1. The van der Waals surface area contributed by atoms with E-state index in [-0.39, 0.29) is 0 Å². The van der Waals surface area contributed by atoms with Crippen LogP contribution in [0.25, 0.3) is 0 Å². The standard InChI is InChI=1S/C12H25NO2/c1-10(2)15-8-6-11-5-7-13(3)12(11)9-14-4/h10-12H,5-9H2,1-4H3/t11-,12-/m1/s1. The first-order valence-corrected chi connectivity index (χ1v) is 5.96. The summed E-state index contributed by atoms with van der Waals surface area (Å²) in [5.41, 5.74) is 0. The summed E-state index contributed by atoms with van der Waals surface area (Å²) >= 11 is 0. The second-order valence-corrected chi connectivity index (χ2v) is 4.76. The summed E-state index contributed by atoms with van der Waals surface area (Å²) in [6, 6.07) is 0.589. The highest BCUT2D eigenvalue weighted by atomic mass is 16.5. The molecule has 3 nitrogen and oxygen atoms in total. The minimum absolute atomic E-state index is 0.352. The number of methoxy groups -OCH3 is 1. The Labute approximate surface area is 93.7 Å². The van der Waals surface area contributed by atoms with Gasteiger partial charge in [0.2, 0.25) is 0 Å². The first kappa shape index (κ1) is 12.9. The van der Waals surface area contributed by atoms with Gasteiger partial charge in [-0.3, -0.25) is 0 Å². The molecule has 1 rings (SSSR count). The fourth-order valence-electron chi connectivity index (χ4n) is 2.31. The van der Waals surface area contributed by atoms with E-state index in [0.717, 1.165) is 25.6 Å². The lowest BCUT2D eigenvalue weighted by Crippen LogP contribution is -2.34. The predicted molar refractivity (Wildman–Crippen MR) is 62.1 cm³/mol. The van der Waals surface area contributed by atoms with Gasteiger partial charge in [0.25, 0.3) is 0 Å². The summed E-state index contributed by atoms with van der Waals surface area (Å²) in [6.07, 6.45) is 2.80. The SMILES string of the molecule is COC[C@@H]1[C@@H](CCOC(C)C)CCN1C. The molecule has 3 heteroatoms. The minimum Gasteiger partial charge on any atom is -0.383 e. The van der Waals surface area contributed by atoms with E-state index < -0.39 is 0 Å². The fraction of sp³-hybridized carbons (Fsp3) is 1.00. The Balaban J connectivity index is 2.27. The maximum absolute atomic E-state index is 5.61. The Kier molecular flexibility index (Phi) is 5.58. The zero-order chi connectivity index (χ0) is 11.3. The van der Waals surface area contributed by atoms with Gasteiger partial charge in [-0.15, -0.1) is 0 Å². The molecule has 0 spiro atoms. The van der Waals surface area contributed by atoms with Crippen LogP contribution in [0.2, 0.25) is 0 Å². The molecule has 15 heavy (non-hydrogen) atoms. The molecule has 1 aliphatic heterocycles. The second kappa shape index (κ2) is 6.46. The normalized spacial score (nSPS) is 27.8. The molecule has 0 radical (unpaired) electrons. The second-order valence-electron chi connectivity index (χ2n) is 4.76. The average molecular weight is 215 g/mol. The Morgan fingerprint density at radius 1 is 1.40 bits per heavy atom. The van der Waals surface area contributed by atoms with Crippen molar-refractivity contribution in [2.24, 2.45) is 5.92 Å². The van der Waals surface area contributed by atoms with Crippen molar-refractivity contribution >= 4 is 0 Å². The summed E-state index contributed by atoms with van der Waals surface area (Å²) in [6.45, 7) is 7.11. The van der Waals surface area contributed by atoms with Crippen LogP contribution in [0.5, 0.6) is 0 Å². The lowest BCUT2D eigenvalue weighted by molar-refractivity contribution is 0.0551. The molecular formula is C12H25NO2. The molecule has 0 bridgehead atoms. The third-order valence-electron chi connectivity index (χ3n) is 3.24. The number of hydrogen-bond acceptors (Lipinski definition) is 3. The van der Waals surface area contributed by atoms with Gasteiger partial charge < -0.3 is 14.4 Å². The number of rotatable bonds is 6. The van der Waals surface area contributed by atoms with Gasteiger partial charge >= 0.3 is 0 Å². The lowest BCUT2D eigenvalue weighted by Gasteiger charge is -2.24. The quantitative estimate of drug-likeness (QED) is 0.674. The number of ether oxygens (including phenoxy) is 2. The van der Waals surface area contributed by atoms with Gasteiger partial charge in [-0.05, 0) is 46.2 Å². The van der Waals surface area contributed by atoms with Crippen molar-refractivity contribution < 1.29 is 9.47 Å². The van der Waals surface area contributed by atoms with Gasteiger partial charge in [-0.1, -0.05) is 0 Å². The summed E-state index contributed by atoms with van der Waals surface area (Å²) in [5.74, 6) is 0.744. The molecule has 0 aromatic rings. The molecule has 1 fully saturated rings. The van der Waals surface area contributed by atoms with Gasteiger partial charge in [0.05, 0.1) is 12.7 Å². The van der Waals surface area contributed by atoms with E-state index in [0.29, 0.717) is 12.1 Å². The molecule has 1 heterocycles. The maximum Gasteiger partial charge on any atom is 0.0620 e. The van der Waals surface area contributed by atoms with Crippen LogP contribution in [0.1, 0.15) is 26.7 Å². The zero-order valence-electron chi connectivity index (χ0n) is 10.5. The molecule has 0 aromatic carbocycles. The summed E-state index contributed by atoms with van der Waals surface area (Å²) in [4.78, 5) is 2.41. The third kappa shape index (κ3) is 4.09. The van der Waals surface area contributed by atoms with Crippen molar-refractivity contribution in [3.8, 4) is 0 Å². The van der Waals surface area contributed by atoms with Gasteiger partial charge in [0.1, 0.15) is 0 Å². The van der Waals surface area contributed by atoms with Crippen LogP contribution < -0.4 is 0 Å². The number of nitrogens with zero attached hydrogens (tertiary/aromatic N) is 1. The Bertz CT molecular complexity index is 173. The first-order chi connectivity index (χ1) is 7.15. The van der Waals surface area contributed by atoms with E-state index in [4.69, 9.17) is 9.47 Å². The summed E-state index contributed by atoms with van der Waals surface area (Å²) < 4.78 is 10.9. The molecule has 2 atom stereocenters. The van der Waals surface area contributed by atoms with Crippen LogP contribution in [0.4, 0.5) is 0 Å². The molecule has 0 saturated carbocycles. The van der Waals surface area contributed by atoms with Crippen LogP contribution in [0.3, 0.4) is 0 Å². The monoisotopic (exact) mass is 215 g/mol. The molecule has 0 amide bonds. The molecule has 90 valence electrons. The smallest absolute Gasteiger partial charge is 0.0620 e. The van der Waals surface area contributed by atoms with Crippen molar-refractivity contribution in [1.82, 2.24) is 4.90 Å². The lowest BCUT2D eigenvalue weighted by atomic mass is 9.97. The maximum atomic E-state index is 5.61. The Morgan fingerprint density at radius 3 is 2.73 bits per heavy atom. The minimum atomic E-state index is 0.352. The molecule has 1 saturated heterocycles. The van der Waals surface area contributed by atoms with Gasteiger partial charge in [0.15, 0.2) is 0 Å². The van der Waals surface area contributed by atoms with E-state index >= 15 is 0 Å². The van der Waals surface area contributed by atoms with E-state index in [1.807, 2.05) is 0 Å². The molecular weight excluding hydrogens is 190 g/mol. The molecule has 1 aliphatic rings. The highest BCUT2D eigenvalue weighted by Crippen LogP contribution is 2.26. The van der Waals surface area contributed by atoms with E-state index in [1.54, 1.807) is 7.11 Å². The van der Waals surface area contributed by atoms with Crippen molar-refractivity contribution in [3.63, 3.8) is 0 Å². The van der Waals surface area contributed by atoms with E-state index in [2.05, 4.69) is 25.8 Å². The van der Waals surface area contributed by atoms with Crippen molar-refractivity contribution in [3.05, 3.63) is 0 Å². The Morgan fingerprint density at radius 2 is 2.13 bits per heavy atom. The van der Waals surface area contributed by atoms with E-state index in [1.165, 1.54) is 13.0 Å². The van der Waals surface area contributed by atoms with Crippen LogP contribution in [-0.4, -0.2) is 51.0 Å². The van der Waals surface area contributed by atoms with Crippen LogP contribution in [0, 0.1) is 5.92 Å². The van der Waals surface area contributed by atoms with Gasteiger partial charge in [-0.25, -0.2) is 0 Å². The number of likely N-dealkylation sites (N-methyl/N-ethyl adjacent to an activating group) is 1. The largest absolute Gasteiger partial charge is 0.383 e. The van der Waals surface area contributed by atoms with Crippen LogP contribution in [0.15, 0.2) is 0 Å². The molecule has 0 unspecified atom stereocenters. The van der Waals surface area contributed by atoms with Crippen molar-refractivity contribution in [1.29, 1.82) is 0 Å². The highest BCUT2D eigenvalue weighted by Gasteiger charge is 2.31. The first-order valence-electron chi connectivity index (χ1n) is 5.96. The predicted octanol–water partition coefficient (Wildman–Crippen LogP) is 1.77. The van der Waals surface area contributed by atoms with Gasteiger partial charge in [-0.2, -0.15) is 0 Å². The number of hydrogen-bond donors (Lipinski definition) is 0. The van der Waals surface area contributed by atoms with Crippen molar-refractivity contribution in [2.45, 2.75) is 38.8 Å². The average Bonchev–Trinajstić information content (AvgIpc) is 2.50. The zero-order valence-corrected chi connectivity index (χ0v) is 10.5. The van der Waals surface area contributed by atoms with Crippen molar-refractivity contribution in [2.75, 3.05) is 33.9 Å². The summed E-state index contributed by atoms with van der Waals surface area (Å²) in [5, 5.41) is 0. The molecule has 0 N–H and O–H groups in total. The molecule has 0 aromatic heterocycles.